The first kappa shape index (κ1) is 8.58. The zero-order chi connectivity index (χ0) is 9.14. The standard InChI is InChI=1S/C7H12N4O/c1-4-6(3-10-7(8)9)5(2)12-11-4/h3H2,1-2H3,(H4,8,9,10). The Kier molecular flexibility index (Phi) is 2.32. The number of aromatic nitrogens is 1. The lowest BCUT2D eigenvalue weighted by molar-refractivity contribution is 0.392. The van der Waals surface area contributed by atoms with E-state index in [1.54, 1.807) is 0 Å². The van der Waals surface area contributed by atoms with Gasteiger partial charge in [0, 0.05) is 5.56 Å². The number of aliphatic imine (C=N–C) groups is 1. The van der Waals surface area contributed by atoms with E-state index in [1.807, 2.05) is 13.8 Å². The van der Waals surface area contributed by atoms with Crippen LogP contribution in [-0.2, 0) is 6.54 Å². The molecule has 1 rings (SSSR count). The quantitative estimate of drug-likeness (QED) is 0.482. The van der Waals surface area contributed by atoms with Crippen LogP contribution in [0.2, 0.25) is 0 Å². The molecule has 1 aromatic rings. The maximum Gasteiger partial charge on any atom is 0.186 e. The highest BCUT2D eigenvalue weighted by Gasteiger charge is 2.06. The van der Waals surface area contributed by atoms with E-state index in [4.69, 9.17) is 16.0 Å². The molecule has 0 aliphatic rings. The van der Waals surface area contributed by atoms with Crippen LogP contribution in [0.25, 0.3) is 0 Å². The molecule has 0 aliphatic heterocycles. The summed E-state index contributed by atoms with van der Waals surface area (Å²) in [5.74, 6) is 0.840. The fourth-order valence-corrected chi connectivity index (χ4v) is 0.898. The largest absolute Gasteiger partial charge is 0.370 e. The third kappa shape index (κ3) is 1.75. The molecule has 0 saturated heterocycles. The van der Waals surface area contributed by atoms with Gasteiger partial charge in [-0.1, -0.05) is 5.16 Å². The van der Waals surface area contributed by atoms with E-state index < -0.39 is 0 Å². The van der Waals surface area contributed by atoms with Crippen molar-refractivity contribution < 1.29 is 4.52 Å². The lowest BCUT2D eigenvalue weighted by atomic mass is 10.2. The number of nitrogens with two attached hydrogens (primary N) is 2. The molecule has 1 aromatic heterocycles. The van der Waals surface area contributed by atoms with Gasteiger partial charge in [0.05, 0.1) is 12.2 Å². The van der Waals surface area contributed by atoms with Gasteiger partial charge in [0.25, 0.3) is 0 Å². The number of guanidine groups is 1. The van der Waals surface area contributed by atoms with Crippen LogP contribution < -0.4 is 11.5 Å². The van der Waals surface area contributed by atoms with Crippen molar-refractivity contribution in [3.05, 3.63) is 17.0 Å². The van der Waals surface area contributed by atoms with Crippen LogP contribution in [0, 0.1) is 13.8 Å². The summed E-state index contributed by atoms with van der Waals surface area (Å²) in [5.41, 5.74) is 12.2. The minimum absolute atomic E-state index is 0.0787. The van der Waals surface area contributed by atoms with Crippen LogP contribution in [-0.4, -0.2) is 11.1 Å². The SMILES string of the molecule is Cc1noc(C)c1CN=C(N)N. The lowest BCUT2D eigenvalue weighted by Gasteiger charge is -1.93. The molecular formula is C7H12N4O. The van der Waals surface area contributed by atoms with Gasteiger partial charge in [0.2, 0.25) is 0 Å². The predicted octanol–water partition coefficient (Wildman–Crippen LogP) is 0.0648. The van der Waals surface area contributed by atoms with Crippen molar-refractivity contribution in [2.75, 3.05) is 0 Å². The van der Waals surface area contributed by atoms with Crippen molar-refractivity contribution >= 4 is 5.96 Å². The van der Waals surface area contributed by atoms with E-state index in [9.17, 15) is 0 Å². The topological polar surface area (TPSA) is 90.4 Å². The third-order valence-electron chi connectivity index (χ3n) is 1.60. The Labute approximate surface area is 70.4 Å². The van der Waals surface area contributed by atoms with Gasteiger partial charge in [-0.15, -0.1) is 0 Å². The fraction of sp³-hybridized carbons (Fsp3) is 0.429. The first-order chi connectivity index (χ1) is 5.61. The molecule has 12 heavy (non-hydrogen) atoms. The third-order valence-corrected chi connectivity index (χ3v) is 1.60. The molecule has 0 spiro atoms. The highest BCUT2D eigenvalue weighted by atomic mass is 16.5. The van der Waals surface area contributed by atoms with Crippen molar-refractivity contribution in [2.45, 2.75) is 20.4 Å². The zero-order valence-corrected chi connectivity index (χ0v) is 7.16. The van der Waals surface area contributed by atoms with E-state index in [2.05, 4.69) is 10.1 Å². The fourth-order valence-electron chi connectivity index (χ4n) is 0.898. The Morgan fingerprint density at radius 2 is 2.17 bits per heavy atom. The molecule has 0 saturated carbocycles. The van der Waals surface area contributed by atoms with E-state index in [-0.39, 0.29) is 5.96 Å². The molecule has 5 heteroatoms. The summed E-state index contributed by atoms with van der Waals surface area (Å²) >= 11 is 0. The van der Waals surface area contributed by atoms with Crippen LogP contribution >= 0.6 is 0 Å². The zero-order valence-electron chi connectivity index (χ0n) is 7.16. The Bertz CT molecular complexity index is 279. The molecule has 0 fully saturated rings. The van der Waals surface area contributed by atoms with Crippen LogP contribution in [0.3, 0.4) is 0 Å². The van der Waals surface area contributed by atoms with Crippen LogP contribution in [0.5, 0.6) is 0 Å². The summed E-state index contributed by atoms with van der Waals surface area (Å²) in [5, 5.41) is 3.77. The number of rotatable bonds is 2. The van der Waals surface area contributed by atoms with Gasteiger partial charge in [0.1, 0.15) is 5.76 Å². The van der Waals surface area contributed by atoms with Crippen molar-refractivity contribution in [2.24, 2.45) is 16.5 Å². The first-order valence-electron chi connectivity index (χ1n) is 3.58. The molecule has 0 amide bonds. The summed E-state index contributed by atoms with van der Waals surface area (Å²) in [4.78, 5) is 3.86. The van der Waals surface area contributed by atoms with Gasteiger partial charge >= 0.3 is 0 Å². The number of aryl methyl sites for hydroxylation is 2. The summed E-state index contributed by atoms with van der Waals surface area (Å²) in [6.07, 6.45) is 0. The van der Waals surface area contributed by atoms with E-state index in [1.165, 1.54) is 0 Å². The van der Waals surface area contributed by atoms with E-state index in [0.717, 1.165) is 17.0 Å². The van der Waals surface area contributed by atoms with Gasteiger partial charge in [-0.3, -0.25) is 0 Å². The minimum Gasteiger partial charge on any atom is -0.370 e. The summed E-state index contributed by atoms with van der Waals surface area (Å²) < 4.78 is 4.93. The summed E-state index contributed by atoms with van der Waals surface area (Å²) in [6.45, 7) is 4.12. The monoisotopic (exact) mass is 168 g/mol. The number of hydrogen-bond acceptors (Lipinski definition) is 3. The molecule has 1 heterocycles. The van der Waals surface area contributed by atoms with E-state index >= 15 is 0 Å². The second kappa shape index (κ2) is 3.25. The number of nitrogens with zero attached hydrogens (tertiary/aromatic N) is 2. The molecule has 0 aliphatic carbocycles. The Hall–Kier alpha value is -1.52. The van der Waals surface area contributed by atoms with E-state index in [0.29, 0.717) is 6.54 Å². The minimum atomic E-state index is 0.0787. The van der Waals surface area contributed by atoms with Crippen LogP contribution in [0.4, 0.5) is 0 Å². The Balaban J connectivity index is 2.81. The molecular weight excluding hydrogens is 156 g/mol. The maximum atomic E-state index is 5.19. The average Bonchev–Trinajstić information content (AvgIpc) is 2.28. The Morgan fingerprint density at radius 3 is 2.58 bits per heavy atom. The first-order valence-corrected chi connectivity index (χ1v) is 3.58. The second-order valence-corrected chi connectivity index (χ2v) is 2.54. The van der Waals surface area contributed by atoms with Gasteiger partial charge in [-0.25, -0.2) is 4.99 Å². The van der Waals surface area contributed by atoms with Crippen LogP contribution in [0.1, 0.15) is 17.0 Å². The molecule has 0 atom stereocenters. The molecule has 4 N–H and O–H groups in total. The van der Waals surface area contributed by atoms with Crippen molar-refractivity contribution in [1.29, 1.82) is 0 Å². The smallest absolute Gasteiger partial charge is 0.186 e. The molecule has 0 aromatic carbocycles. The van der Waals surface area contributed by atoms with Gasteiger partial charge < -0.3 is 16.0 Å². The van der Waals surface area contributed by atoms with Gasteiger partial charge in [-0.05, 0) is 13.8 Å². The molecule has 66 valence electrons. The normalized spacial score (nSPS) is 9.83. The lowest BCUT2D eigenvalue weighted by Crippen LogP contribution is -2.22. The Morgan fingerprint density at radius 1 is 1.50 bits per heavy atom. The van der Waals surface area contributed by atoms with Gasteiger partial charge in [-0.2, -0.15) is 0 Å². The van der Waals surface area contributed by atoms with Crippen LogP contribution in [0.15, 0.2) is 9.52 Å². The van der Waals surface area contributed by atoms with Crippen molar-refractivity contribution in [3.63, 3.8) is 0 Å². The predicted molar refractivity (Wildman–Crippen MR) is 45.5 cm³/mol. The molecule has 0 unspecified atom stereocenters. The summed E-state index contributed by atoms with van der Waals surface area (Å²) in [7, 11) is 0. The molecule has 0 radical (unpaired) electrons. The molecule has 5 nitrogen and oxygen atoms in total. The van der Waals surface area contributed by atoms with Crippen molar-refractivity contribution in [1.82, 2.24) is 5.16 Å². The maximum absolute atomic E-state index is 5.19. The van der Waals surface area contributed by atoms with Crippen molar-refractivity contribution in [3.8, 4) is 0 Å². The second-order valence-electron chi connectivity index (χ2n) is 2.54. The summed E-state index contributed by atoms with van der Waals surface area (Å²) in [6, 6.07) is 0. The number of hydrogen-bond donors (Lipinski definition) is 2. The highest BCUT2D eigenvalue weighted by molar-refractivity contribution is 5.75. The average molecular weight is 168 g/mol. The highest BCUT2D eigenvalue weighted by Crippen LogP contribution is 2.12. The van der Waals surface area contributed by atoms with Gasteiger partial charge in [0.15, 0.2) is 5.96 Å². The molecule has 0 bridgehead atoms.